The second-order valence-electron chi connectivity index (χ2n) is 6.75. The number of anilines is 1. The minimum Gasteiger partial charge on any atom is -0.505 e. The van der Waals surface area contributed by atoms with E-state index < -0.39 is 11.8 Å². The van der Waals surface area contributed by atoms with Crippen LogP contribution in [0.4, 0.5) is 5.00 Å². The highest BCUT2D eigenvalue weighted by Crippen LogP contribution is 2.46. The number of phenolic OH excluding ortho intramolecular Hbond substituents is 1. The summed E-state index contributed by atoms with van der Waals surface area (Å²) < 4.78 is 0.410. The summed E-state index contributed by atoms with van der Waals surface area (Å²) >= 11 is 13.2. The Hall–Kier alpha value is -2.32. The Balaban J connectivity index is 1.91. The molecule has 0 saturated carbocycles. The molecule has 9 heteroatoms. The molecule has 0 saturated heterocycles. The second-order valence-corrected chi connectivity index (χ2v) is 8.56. The van der Waals surface area contributed by atoms with Gasteiger partial charge in [0.25, 0.3) is 11.8 Å². The molecule has 0 spiro atoms. The third-order valence-corrected chi connectivity index (χ3v) is 6.16. The van der Waals surface area contributed by atoms with Crippen molar-refractivity contribution in [3.05, 3.63) is 57.1 Å². The van der Waals surface area contributed by atoms with Gasteiger partial charge in [0.2, 0.25) is 0 Å². The first-order valence-corrected chi connectivity index (χ1v) is 10.3. The van der Waals surface area contributed by atoms with Crippen LogP contribution >= 0.6 is 34.5 Å². The highest BCUT2D eigenvalue weighted by Gasteiger charge is 2.23. The van der Waals surface area contributed by atoms with Gasteiger partial charge in [-0.05, 0) is 23.8 Å². The van der Waals surface area contributed by atoms with E-state index >= 15 is 0 Å². The summed E-state index contributed by atoms with van der Waals surface area (Å²) in [5.41, 5.74) is 7.09. The Morgan fingerprint density at radius 1 is 1.21 bits per heavy atom. The Morgan fingerprint density at radius 2 is 1.86 bits per heavy atom. The van der Waals surface area contributed by atoms with E-state index in [2.05, 4.69) is 24.5 Å². The van der Waals surface area contributed by atoms with Crippen molar-refractivity contribution in [3.8, 4) is 5.75 Å². The number of primary amides is 1. The fourth-order valence-electron chi connectivity index (χ4n) is 2.76. The van der Waals surface area contributed by atoms with Gasteiger partial charge in [-0.2, -0.15) is 0 Å². The molecule has 5 N–H and O–H groups in total. The standard InChI is InChI=1S/C20H19Cl2N3O3S/c1-9(2)24-8-10-3-5-11(6-4-10)19(28)25-20-14(18(23)27)12-7-13(21)16(26)15(22)17(12)29-20/h3-7,9,24,26H,8H2,1-2H3,(H2,23,27)(H,25,28). The largest absolute Gasteiger partial charge is 0.505 e. The molecule has 6 nitrogen and oxygen atoms in total. The molecule has 0 unspecified atom stereocenters. The Morgan fingerprint density at radius 3 is 2.45 bits per heavy atom. The number of hydrogen-bond acceptors (Lipinski definition) is 5. The van der Waals surface area contributed by atoms with E-state index in [1.165, 1.54) is 6.07 Å². The molecule has 1 aromatic heterocycles. The summed E-state index contributed by atoms with van der Waals surface area (Å²) in [7, 11) is 0. The van der Waals surface area contributed by atoms with E-state index in [0.29, 0.717) is 28.2 Å². The van der Waals surface area contributed by atoms with Crippen LogP contribution in [-0.2, 0) is 6.54 Å². The number of carbonyl (C=O) groups excluding carboxylic acids is 2. The molecule has 3 rings (SSSR count). The van der Waals surface area contributed by atoms with Crippen LogP contribution in [0, 0.1) is 0 Å². The average molecular weight is 452 g/mol. The van der Waals surface area contributed by atoms with E-state index in [0.717, 1.165) is 16.9 Å². The van der Waals surface area contributed by atoms with Crippen molar-refractivity contribution >= 4 is 61.4 Å². The number of aromatic hydroxyl groups is 1. The second kappa shape index (κ2) is 8.59. The van der Waals surface area contributed by atoms with Gasteiger partial charge in [-0.25, -0.2) is 0 Å². The summed E-state index contributed by atoms with van der Waals surface area (Å²) in [6.07, 6.45) is 0. The van der Waals surface area contributed by atoms with Crippen molar-refractivity contribution in [3.63, 3.8) is 0 Å². The Bertz CT molecular complexity index is 1090. The number of rotatable bonds is 6. The zero-order valence-corrected chi connectivity index (χ0v) is 18.0. The highest BCUT2D eigenvalue weighted by atomic mass is 35.5. The van der Waals surface area contributed by atoms with Crippen LogP contribution in [0.2, 0.25) is 10.0 Å². The van der Waals surface area contributed by atoms with Gasteiger partial charge in [-0.1, -0.05) is 49.2 Å². The van der Waals surface area contributed by atoms with E-state index in [-0.39, 0.29) is 26.4 Å². The van der Waals surface area contributed by atoms with Gasteiger partial charge in [-0.3, -0.25) is 9.59 Å². The summed E-state index contributed by atoms with van der Waals surface area (Å²) in [5, 5.41) is 16.6. The number of amides is 2. The van der Waals surface area contributed by atoms with Crippen molar-refractivity contribution in [2.24, 2.45) is 5.73 Å². The van der Waals surface area contributed by atoms with Crippen molar-refractivity contribution in [2.45, 2.75) is 26.4 Å². The molecular weight excluding hydrogens is 433 g/mol. The SMILES string of the molecule is CC(C)NCc1ccc(C(=O)Nc2sc3c(Cl)c(O)c(Cl)cc3c2C(N)=O)cc1. The summed E-state index contributed by atoms with van der Waals surface area (Å²) in [6.45, 7) is 4.81. The highest BCUT2D eigenvalue weighted by molar-refractivity contribution is 7.24. The van der Waals surface area contributed by atoms with Crippen LogP contribution in [0.5, 0.6) is 5.75 Å². The van der Waals surface area contributed by atoms with Gasteiger partial charge < -0.3 is 21.5 Å². The first kappa shape index (κ1) is 21.4. The van der Waals surface area contributed by atoms with Gasteiger partial charge >= 0.3 is 0 Å². The Labute approximate surface area is 181 Å². The normalized spacial score (nSPS) is 11.2. The predicted octanol–water partition coefficient (Wildman–Crippen LogP) is 4.76. The number of fused-ring (bicyclic) bond motifs is 1. The number of halogens is 2. The fourth-order valence-corrected chi connectivity index (χ4v) is 4.44. The Kier molecular flexibility index (Phi) is 6.33. The quantitative estimate of drug-likeness (QED) is 0.433. The van der Waals surface area contributed by atoms with Crippen molar-refractivity contribution in [1.82, 2.24) is 5.32 Å². The molecular formula is C20H19Cl2N3O3S. The number of nitrogens with two attached hydrogens (primary N) is 1. The molecule has 0 fully saturated rings. The zero-order valence-electron chi connectivity index (χ0n) is 15.7. The topological polar surface area (TPSA) is 104 Å². The van der Waals surface area contributed by atoms with Gasteiger partial charge in [0.05, 0.1) is 15.3 Å². The molecule has 2 amide bonds. The number of hydrogen-bond donors (Lipinski definition) is 4. The van der Waals surface area contributed by atoms with Crippen LogP contribution in [0.1, 0.15) is 40.1 Å². The summed E-state index contributed by atoms with van der Waals surface area (Å²) in [5.74, 6) is -1.42. The maximum atomic E-state index is 12.7. The van der Waals surface area contributed by atoms with Gasteiger partial charge in [0.1, 0.15) is 10.0 Å². The molecule has 0 aliphatic heterocycles. The maximum Gasteiger partial charge on any atom is 0.256 e. The molecule has 29 heavy (non-hydrogen) atoms. The lowest BCUT2D eigenvalue weighted by atomic mass is 10.1. The minimum atomic E-state index is -0.737. The van der Waals surface area contributed by atoms with Gasteiger partial charge in [-0.15, -0.1) is 11.3 Å². The third-order valence-electron chi connectivity index (χ3n) is 4.25. The predicted molar refractivity (Wildman–Crippen MR) is 118 cm³/mol. The molecule has 0 radical (unpaired) electrons. The minimum absolute atomic E-state index is 0.00232. The van der Waals surface area contributed by atoms with E-state index in [1.54, 1.807) is 12.1 Å². The summed E-state index contributed by atoms with van der Waals surface area (Å²) in [6, 6.07) is 8.90. The number of thiophene rings is 1. The van der Waals surface area contributed by atoms with Crippen molar-refractivity contribution in [2.75, 3.05) is 5.32 Å². The molecule has 0 aliphatic carbocycles. The molecule has 0 bridgehead atoms. The molecule has 0 atom stereocenters. The number of phenols is 1. The van der Waals surface area contributed by atoms with Crippen molar-refractivity contribution in [1.29, 1.82) is 0 Å². The van der Waals surface area contributed by atoms with Crippen LogP contribution in [0.15, 0.2) is 30.3 Å². The molecule has 3 aromatic rings. The molecule has 0 aliphatic rings. The first-order chi connectivity index (χ1) is 13.7. The summed E-state index contributed by atoms with van der Waals surface area (Å²) in [4.78, 5) is 24.7. The maximum absolute atomic E-state index is 12.7. The number of carbonyl (C=O) groups is 2. The van der Waals surface area contributed by atoms with Gasteiger partial charge in [0.15, 0.2) is 5.75 Å². The van der Waals surface area contributed by atoms with Gasteiger partial charge in [0, 0.05) is 23.5 Å². The zero-order chi connectivity index (χ0) is 21.3. The number of nitrogens with one attached hydrogen (secondary N) is 2. The van der Waals surface area contributed by atoms with Crippen molar-refractivity contribution < 1.29 is 14.7 Å². The lowest BCUT2D eigenvalue weighted by Crippen LogP contribution is -2.21. The first-order valence-electron chi connectivity index (χ1n) is 8.76. The van der Waals surface area contributed by atoms with E-state index in [1.807, 2.05) is 12.1 Å². The number of benzene rings is 2. The van der Waals surface area contributed by atoms with Crippen LogP contribution in [0.25, 0.3) is 10.1 Å². The van der Waals surface area contributed by atoms with E-state index in [9.17, 15) is 14.7 Å². The molecule has 1 heterocycles. The lowest BCUT2D eigenvalue weighted by molar-refractivity contribution is 0.100. The third kappa shape index (κ3) is 4.48. The van der Waals surface area contributed by atoms with Crippen LogP contribution in [0.3, 0.4) is 0 Å². The average Bonchev–Trinajstić information content (AvgIpc) is 3.03. The fraction of sp³-hybridized carbons (Fsp3) is 0.200. The van der Waals surface area contributed by atoms with E-state index in [4.69, 9.17) is 28.9 Å². The molecule has 2 aromatic carbocycles. The smallest absolute Gasteiger partial charge is 0.256 e. The van der Waals surface area contributed by atoms with Crippen LogP contribution < -0.4 is 16.4 Å². The lowest BCUT2D eigenvalue weighted by Gasteiger charge is -2.09. The molecule has 152 valence electrons. The van der Waals surface area contributed by atoms with Crippen LogP contribution in [-0.4, -0.2) is 23.0 Å². The monoisotopic (exact) mass is 451 g/mol.